The Morgan fingerprint density at radius 3 is 2.03 bits per heavy atom. The van der Waals surface area contributed by atoms with Gasteiger partial charge >= 0.3 is 6.09 Å². The van der Waals surface area contributed by atoms with Gasteiger partial charge in [0.25, 0.3) is 0 Å². The lowest BCUT2D eigenvalue weighted by Crippen LogP contribution is -2.54. The van der Waals surface area contributed by atoms with Gasteiger partial charge in [0.15, 0.2) is 5.82 Å². The monoisotopic (exact) mass is 524 g/mol. The minimum absolute atomic E-state index is 0.0616. The number of nitrogens with one attached hydrogen (secondary N) is 3. The summed E-state index contributed by atoms with van der Waals surface area (Å²) in [5, 5.41) is 13.2. The third-order valence-electron chi connectivity index (χ3n) is 8.02. The van der Waals surface area contributed by atoms with Crippen molar-refractivity contribution in [1.82, 2.24) is 25.5 Å². The predicted octanol–water partition coefficient (Wildman–Crippen LogP) is 6.09. The molecule has 2 aliphatic carbocycles. The Morgan fingerprint density at radius 2 is 1.55 bits per heavy atom. The number of amides is 2. The van der Waals surface area contributed by atoms with E-state index in [2.05, 4.69) is 30.8 Å². The third kappa shape index (κ3) is 7.11. The highest BCUT2D eigenvalue weighted by atomic mass is 16.6. The molecular weight excluding hydrogens is 480 g/mol. The van der Waals surface area contributed by atoms with E-state index in [-0.39, 0.29) is 11.8 Å². The number of H-pyrrole nitrogens is 1. The fraction of sp³-hybridized carbons (Fsp3) is 0.690. The summed E-state index contributed by atoms with van der Waals surface area (Å²) in [6, 6.07) is -0.698. The molecule has 0 aliphatic heterocycles. The molecule has 1 atom stereocenters. The van der Waals surface area contributed by atoms with Gasteiger partial charge in [-0.3, -0.25) is 14.9 Å². The number of aryl methyl sites for hydroxylation is 2. The first-order valence-electron chi connectivity index (χ1n) is 14.3. The fourth-order valence-electron chi connectivity index (χ4n) is 6.39. The van der Waals surface area contributed by atoms with E-state index in [9.17, 15) is 9.59 Å². The molecule has 2 amide bonds. The van der Waals surface area contributed by atoms with E-state index >= 15 is 0 Å². The van der Waals surface area contributed by atoms with Crippen LogP contribution in [0.3, 0.4) is 0 Å². The summed E-state index contributed by atoms with van der Waals surface area (Å²) in [6.07, 6.45) is 14.2. The minimum Gasteiger partial charge on any atom is -0.444 e. The molecule has 2 aromatic heterocycles. The van der Waals surface area contributed by atoms with Gasteiger partial charge in [0.05, 0.1) is 23.8 Å². The van der Waals surface area contributed by atoms with Gasteiger partial charge in [0, 0.05) is 11.3 Å². The van der Waals surface area contributed by atoms with Gasteiger partial charge in [-0.2, -0.15) is 5.10 Å². The molecule has 2 heterocycles. The largest absolute Gasteiger partial charge is 0.444 e. The lowest BCUT2D eigenvalue weighted by molar-refractivity contribution is -0.121. The maximum absolute atomic E-state index is 13.9. The van der Waals surface area contributed by atoms with E-state index in [0.29, 0.717) is 23.3 Å². The van der Waals surface area contributed by atoms with Crippen molar-refractivity contribution in [2.24, 2.45) is 17.8 Å². The molecule has 38 heavy (non-hydrogen) atoms. The Hall–Kier alpha value is -2.97. The molecule has 208 valence electrons. The van der Waals surface area contributed by atoms with Crippen LogP contribution in [-0.4, -0.2) is 43.8 Å². The molecule has 0 radical (unpaired) electrons. The second kappa shape index (κ2) is 12.3. The summed E-state index contributed by atoms with van der Waals surface area (Å²) in [4.78, 5) is 35.9. The van der Waals surface area contributed by atoms with E-state index in [0.717, 1.165) is 42.6 Å². The number of carbonyl (C=O) groups excluding carboxylic acids is 2. The van der Waals surface area contributed by atoms with Crippen LogP contribution < -0.4 is 10.6 Å². The van der Waals surface area contributed by atoms with Crippen molar-refractivity contribution in [2.45, 2.75) is 110 Å². The van der Waals surface area contributed by atoms with Crippen molar-refractivity contribution in [3.8, 4) is 11.3 Å². The average Bonchev–Trinajstić information content (AvgIpc) is 3.22. The van der Waals surface area contributed by atoms with Gasteiger partial charge in [-0.1, -0.05) is 64.2 Å². The normalized spacial score (nSPS) is 18.3. The molecule has 2 aromatic rings. The Bertz CT molecular complexity index is 1040. The Balaban J connectivity index is 1.59. The minimum atomic E-state index is -0.698. The second-order valence-corrected chi connectivity index (χ2v) is 12.1. The highest BCUT2D eigenvalue weighted by Crippen LogP contribution is 2.42. The standard InChI is InChI=1S/C29H44N6O3/c1-18-24(19(2)35-34-18)22-16-31-23(17-30-22)32-27(36)26(33-28(37)38-29(3,4)5)25(20-12-8-6-9-13-20)21-14-10-7-11-15-21/h16-17,20-21,25-26H,6-15H2,1-5H3,(H,33,37)(H,34,35)(H,31,32,36)/t26-/m0/s1. The molecule has 9 nitrogen and oxygen atoms in total. The zero-order valence-corrected chi connectivity index (χ0v) is 23.6. The van der Waals surface area contributed by atoms with Gasteiger partial charge < -0.3 is 15.4 Å². The van der Waals surface area contributed by atoms with E-state index in [1.165, 1.54) is 38.5 Å². The first-order valence-corrected chi connectivity index (χ1v) is 14.3. The number of aromatic amines is 1. The summed E-state index contributed by atoms with van der Waals surface area (Å²) in [5.74, 6) is 0.969. The van der Waals surface area contributed by atoms with Crippen LogP contribution in [0.4, 0.5) is 10.6 Å². The molecule has 4 rings (SSSR count). The number of aromatic nitrogens is 4. The van der Waals surface area contributed by atoms with Crippen molar-refractivity contribution < 1.29 is 14.3 Å². The maximum atomic E-state index is 13.9. The molecule has 0 bridgehead atoms. The van der Waals surface area contributed by atoms with Crippen LogP contribution in [0, 0.1) is 31.6 Å². The molecule has 2 fully saturated rings. The lowest BCUT2D eigenvalue weighted by atomic mass is 9.66. The van der Waals surface area contributed by atoms with Gasteiger partial charge in [-0.05, 0) is 52.4 Å². The number of anilines is 1. The smallest absolute Gasteiger partial charge is 0.408 e. The first-order chi connectivity index (χ1) is 18.1. The molecule has 0 unspecified atom stereocenters. The number of hydrogen-bond acceptors (Lipinski definition) is 6. The summed E-state index contributed by atoms with van der Waals surface area (Å²) in [5.41, 5.74) is 2.71. The average molecular weight is 525 g/mol. The molecule has 3 N–H and O–H groups in total. The van der Waals surface area contributed by atoms with E-state index in [1.54, 1.807) is 12.4 Å². The summed E-state index contributed by atoms with van der Waals surface area (Å²) in [7, 11) is 0. The molecule has 2 saturated carbocycles. The van der Waals surface area contributed by atoms with Crippen LogP contribution >= 0.6 is 0 Å². The van der Waals surface area contributed by atoms with Crippen LogP contribution in [0.5, 0.6) is 0 Å². The number of rotatable bonds is 7. The fourth-order valence-corrected chi connectivity index (χ4v) is 6.39. The van der Waals surface area contributed by atoms with Gasteiger partial charge in [-0.15, -0.1) is 0 Å². The van der Waals surface area contributed by atoms with E-state index in [1.807, 2.05) is 34.6 Å². The van der Waals surface area contributed by atoms with Crippen molar-refractivity contribution in [2.75, 3.05) is 5.32 Å². The number of carbonyl (C=O) groups is 2. The molecule has 0 aromatic carbocycles. The molecule has 0 spiro atoms. The number of hydrogen-bond donors (Lipinski definition) is 3. The molecule has 0 saturated heterocycles. The quantitative estimate of drug-likeness (QED) is 0.403. The number of ether oxygens (including phenoxy) is 1. The molecule has 2 aliphatic rings. The molecule has 9 heteroatoms. The lowest BCUT2D eigenvalue weighted by Gasteiger charge is -2.41. The number of alkyl carbamates (subject to hydrolysis) is 1. The zero-order valence-electron chi connectivity index (χ0n) is 23.6. The third-order valence-corrected chi connectivity index (χ3v) is 8.02. The zero-order chi connectivity index (χ0) is 27.3. The first kappa shape index (κ1) is 28.0. The van der Waals surface area contributed by atoms with Crippen molar-refractivity contribution in [3.05, 3.63) is 23.8 Å². The van der Waals surface area contributed by atoms with Crippen LogP contribution in [-0.2, 0) is 9.53 Å². The van der Waals surface area contributed by atoms with Gasteiger partial charge in [0.1, 0.15) is 11.6 Å². The van der Waals surface area contributed by atoms with E-state index < -0.39 is 17.7 Å². The van der Waals surface area contributed by atoms with Crippen LogP contribution in [0.25, 0.3) is 11.3 Å². The maximum Gasteiger partial charge on any atom is 0.408 e. The summed E-state index contributed by atoms with van der Waals surface area (Å²) in [6.45, 7) is 9.36. The van der Waals surface area contributed by atoms with Gasteiger partial charge in [-0.25, -0.2) is 9.78 Å². The van der Waals surface area contributed by atoms with Gasteiger partial charge in [0.2, 0.25) is 5.91 Å². The highest BCUT2D eigenvalue weighted by molar-refractivity contribution is 5.96. The topological polar surface area (TPSA) is 122 Å². The predicted molar refractivity (Wildman–Crippen MR) is 148 cm³/mol. The summed E-state index contributed by atoms with van der Waals surface area (Å²) < 4.78 is 5.61. The van der Waals surface area contributed by atoms with Crippen LogP contribution in [0.15, 0.2) is 12.4 Å². The van der Waals surface area contributed by atoms with Crippen LogP contribution in [0.1, 0.15) is 96.4 Å². The highest BCUT2D eigenvalue weighted by Gasteiger charge is 2.41. The summed E-state index contributed by atoms with van der Waals surface area (Å²) >= 11 is 0. The molecular formula is C29H44N6O3. The second-order valence-electron chi connectivity index (χ2n) is 12.1. The van der Waals surface area contributed by atoms with Crippen molar-refractivity contribution in [1.29, 1.82) is 0 Å². The number of nitrogens with zero attached hydrogens (tertiary/aromatic N) is 3. The van der Waals surface area contributed by atoms with Crippen molar-refractivity contribution >= 4 is 17.8 Å². The van der Waals surface area contributed by atoms with Crippen molar-refractivity contribution in [3.63, 3.8) is 0 Å². The Labute approximate surface area is 226 Å². The SMILES string of the molecule is Cc1n[nH]c(C)c1-c1cnc(NC(=O)[C@@H](NC(=O)OC(C)(C)C)C(C2CCCCC2)C2CCCCC2)cn1. The Kier molecular flexibility index (Phi) is 9.05. The Morgan fingerprint density at radius 1 is 0.947 bits per heavy atom. The van der Waals surface area contributed by atoms with E-state index in [4.69, 9.17) is 4.74 Å². The van der Waals surface area contributed by atoms with Crippen LogP contribution in [0.2, 0.25) is 0 Å².